The van der Waals surface area contributed by atoms with E-state index in [1.807, 2.05) is 34.7 Å². The summed E-state index contributed by atoms with van der Waals surface area (Å²) in [5.41, 5.74) is 17.6. The van der Waals surface area contributed by atoms with E-state index in [4.69, 9.17) is 16.2 Å². The first-order valence-electron chi connectivity index (χ1n) is 10.4. The van der Waals surface area contributed by atoms with Gasteiger partial charge in [0, 0.05) is 37.1 Å². The lowest BCUT2D eigenvalue weighted by Gasteiger charge is -2.39. The molecule has 9 nitrogen and oxygen atoms in total. The molecular weight excluding hydrogens is 404 g/mol. The van der Waals surface area contributed by atoms with E-state index in [1.54, 1.807) is 19.6 Å². The van der Waals surface area contributed by atoms with E-state index >= 15 is 0 Å². The van der Waals surface area contributed by atoms with Crippen LogP contribution in [0.2, 0.25) is 0 Å². The summed E-state index contributed by atoms with van der Waals surface area (Å²) in [5, 5.41) is 8.16. The van der Waals surface area contributed by atoms with E-state index in [2.05, 4.69) is 54.0 Å². The van der Waals surface area contributed by atoms with Crippen molar-refractivity contribution in [3.8, 4) is 17.1 Å². The minimum absolute atomic E-state index is 0.0533. The van der Waals surface area contributed by atoms with Gasteiger partial charge in [0.15, 0.2) is 5.82 Å². The number of aryl methyl sites for hydroxylation is 1. The molecule has 0 aliphatic carbocycles. The van der Waals surface area contributed by atoms with Crippen molar-refractivity contribution in [1.82, 2.24) is 19.7 Å². The molecule has 4 rings (SSSR count). The van der Waals surface area contributed by atoms with E-state index in [-0.39, 0.29) is 5.41 Å². The molecular formula is C23H30N8O. The van der Waals surface area contributed by atoms with Crippen LogP contribution in [-0.2, 0) is 7.05 Å². The summed E-state index contributed by atoms with van der Waals surface area (Å²) in [5.74, 6) is 2.30. The Balaban J connectivity index is 1.84. The molecule has 0 unspecified atom stereocenters. The van der Waals surface area contributed by atoms with Crippen LogP contribution in [0.3, 0.4) is 0 Å². The second-order valence-electron chi connectivity index (χ2n) is 9.25. The maximum Gasteiger partial charge on any atom is 0.205 e. The third-order valence-electron chi connectivity index (χ3n) is 5.40. The van der Waals surface area contributed by atoms with Gasteiger partial charge in [-0.1, -0.05) is 20.8 Å². The molecule has 0 saturated carbocycles. The highest BCUT2D eigenvalue weighted by Crippen LogP contribution is 2.41. The number of nitrogens with zero attached hydrogens (tertiary/aromatic N) is 6. The number of rotatable bonds is 4. The summed E-state index contributed by atoms with van der Waals surface area (Å²) < 4.78 is 7.61. The second kappa shape index (κ2) is 7.74. The molecule has 0 radical (unpaired) electrons. The Bertz CT molecular complexity index is 1180. The number of methoxy groups -OCH3 is 1. The van der Waals surface area contributed by atoms with E-state index in [0.717, 1.165) is 40.5 Å². The molecule has 0 atom stereocenters. The molecule has 0 fully saturated rings. The number of hydrogen-bond donors (Lipinski definition) is 2. The average molecular weight is 435 g/mol. The Kier molecular flexibility index (Phi) is 5.20. The van der Waals surface area contributed by atoms with Crippen molar-refractivity contribution in [3.05, 3.63) is 59.6 Å². The van der Waals surface area contributed by atoms with Gasteiger partial charge in [-0.05, 0) is 36.1 Å². The lowest BCUT2D eigenvalue weighted by atomic mass is 9.94. The molecule has 1 aromatic heterocycles. The third-order valence-corrected chi connectivity index (χ3v) is 5.40. The van der Waals surface area contributed by atoms with Gasteiger partial charge in [-0.2, -0.15) is 0 Å². The van der Waals surface area contributed by atoms with Crippen molar-refractivity contribution in [2.75, 3.05) is 18.6 Å². The number of fused-ring (bicyclic) bond motifs is 1. The molecule has 4 N–H and O–H groups in total. The number of aromatic nitrogens is 3. The third kappa shape index (κ3) is 3.70. The van der Waals surface area contributed by atoms with Crippen molar-refractivity contribution in [2.45, 2.75) is 27.7 Å². The molecule has 1 aromatic carbocycles. The topological polar surface area (TPSA) is 111 Å². The monoisotopic (exact) mass is 434 g/mol. The molecule has 32 heavy (non-hydrogen) atoms. The van der Waals surface area contributed by atoms with Gasteiger partial charge in [-0.3, -0.25) is 4.90 Å². The van der Waals surface area contributed by atoms with Crippen molar-refractivity contribution in [2.24, 2.45) is 28.9 Å². The van der Waals surface area contributed by atoms with E-state index < -0.39 is 0 Å². The molecule has 2 aromatic rings. The fourth-order valence-corrected chi connectivity index (χ4v) is 3.97. The van der Waals surface area contributed by atoms with Gasteiger partial charge < -0.3 is 25.7 Å². The standard InChI is InChI=1S/C23H30N8O/c1-14-11-30(12-23(2,3)4)20(24)19-16(14)10-26-22(25)31(19)17-8-7-15(9-18(17)32-6)21-28-27-13-29(21)5/h7-11,13H,12,24H2,1-6H3,(H2,25,26). The van der Waals surface area contributed by atoms with Crippen LogP contribution >= 0.6 is 0 Å². The van der Waals surface area contributed by atoms with Crippen LogP contribution < -0.4 is 21.1 Å². The molecule has 0 bridgehead atoms. The number of allylic oxidation sites excluding steroid dienone is 1. The normalized spacial score (nSPS) is 16.5. The summed E-state index contributed by atoms with van der Waals surface area (Å²) in [6.07, 6.45) is 5.50. The predicted octanol–water partition coefficient (Wildman–Crippen LogP) is 2.90. The van der Waals surface area contributed by atoms with Crippen LogP contribution in [-0.4, -0.2) is 39.3 Å². The van der Waals surface area contributed by atoms with Crippen molar-refractivity contribution >= 4 is 11.6 Å². The van der Waals surface area contributed by atoms with Crippen LogP contribution in [0.5, 0.6) is 5.75 Å². The Morgan fingerprint density at radius 1 is 1.16 bits per heavy atom. The van der Waals surface area contributed by atoms with Gasteiger partial charge >= 0.3 is 0 Å². The van der Waals surface area contributed by atoms with Crippen LogP contribution in [0.4, 0.5) is 5.69 Å². The van der Waals surface area contributed by atoms with E-state index in [1.165, 1.54) is 0 Å². The number of benzene rings is 1. The average Bonchev–Trinajstić information content (AvgIpc) is 3.16. The Morgan fingerprint density at radius 3 is 2.53 bits per heavy atom. The van der Waals surface area contributed by atoms with Gasteiger partial charge in [0.05, 0.1) is 18.5 Å². The summed E-state index contributed by atoms with van der Waals surface area (Å²) in [4.78, 5) is 8.38. The lowest BCUT2D eigenvalue weighted by molar-refractivity contribution is 0.284. The van der Waals surface area contributed by atoms with Gasteiger partial charge in [-0.15, -0.1) is 10.2 Å². The van der Waals surface area contributed by atoms with Crippen molar-refractivity contribution < 1.29 is 4.74 Å². The summed E-state index contributed by atoms with van der Waals surface area (Å²) in [6, 6.07) is 5.82. The molecule has 0 saturated heterocycles. The largest absolute Gasteiger partial charge is 0.495 e. The highest BCUT2D eigenvalue weighted by Gasteiger charge is 2.33. The second-order valence-corrected chi connectivity index (χ2v) is 9.25. The quantitative estimate of drug-likeness (QED) is 0.761. The molecule has 2 aliphatic rings. The van der Waals surface area contributed by atoms with Gasteiger partial charge in [0.2, 0.25) is 5.96 Å². The SMILES string of the molecule is COc1cc(-c2nncn2C)ccc1N1C(N)=NC=C2C(C)=CN(CC(C)(C)C)C(N)=C21. The summed E-state index contributed by atoms with van der Waals surface area (Å²) in [7, 11) is 3.53. The fourth-order valence-electron chi connectivity index (χ4n) is 3.97. The first kappa shape index (κ1) is 21.5. The van der Waals surface area contributed by atoms with E-state index in [0.29, 0.717) is 17.5 Å². The minimum atomic E-state index is 0.0533. The molecule has 0 amide bonds. The summed E-state index contributed by atoms with van der Waals surface area (Å²) >= 11 is 0. The number of guanidine groups is 1. The Hall–Kier alpha value is -3.75. The molecule has 9 heteroatoms. The van der Waals surface area contributed by atoms with Crippen LogP contribution in [0, 0.1) is 5.41 Å². The molecule has 0 spiro atoms. The van der Waals surface area contributed by atoms with Crippen molar-refractivity contribution in [1.29, 1.82) is 0 Å². The molecule has 2 aliphatic heterocycles. The number of anilines is 1. The number of aliphatic imine (C=N–C) groups is 1. The summed E-state index contributed by atoms with van der Waals surface area (Å²) in [6.45, 7) is 9.37. The Labute approximate surface area is 188 Å². The maximum absolute atomic E-state index is 6.72. The lowest BCUT2D eigenvalue weighted by Crippen LogP contribution is -2.45. The predicted molar refractivity (Wildman–Crippen MR) is 126 cm³/mol. The Morgan fingerprint density at radius 2 is 1.91 bits per heavy atom. The first-order chi connectivity index (χ1) is 15.1. The number of nitrogens with two attached hydrogens (primary N) is 2. The van der Waals surface area contributed by atoms with Gasteiger partial charge in [0.1, 0.15) is 17.9 Å². The molecule has 168 valence electrons. The van der Waals surface area contributed by atoms with Crippen LogP contribution in [0.1, 0.15) is 27.7 Å². The number of hydrogen-bond acceptors (Lipinski definition) is 8. The van der Waals surface area contributed by atoms with Crippen LogP contribution in [0.15, 0.2) is 64.6 Å². The zero-order valence-electron chi connectivity index (χ0n) is 19.4. The zero-order valence-corrected chi connectivity index (χ0v) is 19.4. The smallest absolute Gasteiger partial charge is 0.205 e. The van der Waals surface area contributed by atoms with Gasteiger partial charge in [0.25, 0.3) is 0 Å². The van der Waals surface area contributed by atoms with Crippen molar-refractivity contribution in [3.63, 3.8) is 0 Å². The van der Waals surface area contributed by atoms with Gasteiger partial charge in [-0.25, -0.2) is 4.99 Å². The zero-order chi connectivity index (χ0) is 23.2. The first-order valence-corrected chi connectivity index (χ1v) is 10.4. The van der Waals surface area contributed by atoms with E-state index in [9.17, 15) is 0 Å². The van der Waals surface area contributed by atoms with Crippen LogP contribution in [0.25, 0.3) is 11.4 Å². The number of ether oxygens (including phenoxy) is 1. The fraction of sp³-hybridized carbons (Fsp3) is 0.348. The maximum atomic E-state index is 6.72. The highest BCUT2D eigenvalue weighted by molar-refractivity contribution is 6.02. The highest BCUT2D eigenvalue weighted by atomic mass is 16.5. The minimum Gasteiger partial charge on any atom is -0.495 e. The molecule has 3 heterocycles.